The van der Waals surface area contributed by atoms with Crippen LogP contribution in [0.15, 0.2) is 53.6 Å². The number of rotatable bonds is 3. The van der Waals surface area contributed by atoms with Gasteiger partial charge in [0, 0.05) is 4.91 Å². The third-order valence-corrected chi connectivity index (χ3v) is 4.19. The zero-order chi connectivity index (χ0) is 14.7. The third-order valence-electron chi connectivity index (χ3n) is 4.19. The van der Waals surface area contributed by atoms with Crippen molar-refractivity contribution in [2.45, 2.75) is 25.3 Å². The summed E-state index contributed by atoms with van der Waals surface area (Å²) in [6, 6.07) is 14.6. The number of halogens is 1. The van der Waals surface area contributed by atoms with Gasteiger partial charge in [-0.1, -0.05) is 41.5 Å². The quantitative estimate of drug-likeness (QED) is 0.432. The van der Waals surface area contributed by atoms with E-state index >= 15 is 0 Å². The minimum atomic E-state index is -0.223. The fraction of sp³-hybridized carbons (Fsp3) is 0.294. The van der Waals surface area contributed by atoms with Crippen molar-refractivity contribution in [2.24, 2.45) is 11.0 Å². The number of hydrogen-bond donors (Lipinski definition) is 0. The molecule has 0 aromatic heterocycles. The molecular formula is C17H16FN3. The smallest absolute Gasteiger partial charge is 0.123 e. The van der Waals surface area contributed by atoms with E-state index in [1.165, 1.54) is 17.7 Å². The minimum Gasteiger partial charge on any atom is -0.207 e. The van der Waals surface area contributed by atoms with E-state index in [1.807, 2.05) is 30.3 Å². The second-order valence-electron chi connectivity index (χ2n) is 5.48. The van der Waals surface area contributed by atoms with Gasteiger partial charge in [0.15, 0.2) is 0 Å². The molecule has 0 radical (unpaired) electrons. The molecule has 0 aliphatic heterocycles. The zero-order valence-electron chi connectivity index (χ0n) is 11.6. The summed E-state index contributed by atoms with van der Waals surface area (Å²) in [5.74, 6) is 0.0422. The van der Waals surface area contributed by atoms with Gasteiger partial charge in [-0.15, -0.1) is 0 Å². The Kier molecular flexibility index (Phi) is 3.89. The van der Waals surface area contributed by atoms with E-state index in [4.69, 9.17) is 5.53 Å². The highest BCUT2D eigenvalue weighted by molar-refractivity contribution is 5.33. The van der Waals surface area contributed by atoms with Gasteiger partial charge in [-0.25, -0.2) is 4.39 Å². The van der Waals surface area contributed by atoms with Crippen molar-refractivity contribution in [2.75, 3.05) is 0 Å². The van der Waals surface area contributed by atoms with E-state index in [2.05, 4.69) is 16.1 Å². The molecule has 1 aliphatic rings. The van der Waals surface area contributed by atoms with Crippen LogP contribution in [-0.4, -0.2) is 0 Å². The molecule has 106 valence electrons. The van der Waals surface area contributed by atoms with E-state index < -0.39 is 0 Å². The molecular weight excluding hydrogens is 265 g/mol. The third kappa shape index (κ3) is 2.91. The van der Waals surface area contributed by atoms with Gasteiger partial charge in [-0.05, 0) is 59.5 Å². The molecule has 0 saturated carbocycles. The highest BCUT2D eigenvalue weighted by Gasteiger charge is 2.28. The van der Waals surface area contributed by atoms with Gasteiger partial charge in [-0.3, -0.25) is 0 Å². The summed E-state index contributed by atoms with van der Waals surface area (Å²) >= 11 is 0. The van der Waals surface area contributed by atoms with Crippen LogP contribution in [0.25, 0.3) is 10.4 Å². The van der Waals surface area contributed by atoms with Gasteiger partial charge < -0.3 is 0 Å². The standard InChI is InChI=1S/C17H16FN3/c18-15-9-5-12(6-10-15)11-14-8-7-13-3-1-2-4-16(13)17(14)20-21-19/h1-6,9-10,14,17H,7-8,11H2. The van der Waals surface area contributed by atoms with Crippen molar-refractivity contribution >= 4 is 0 Å². The number of fused-ring (bicyclic) bond motifs is 1. The molecule has 4 heteroatoms. The van der Waals surface area contributed by atoms with Crippen LogP contribution >= 0.6 is 0 Å². The Hall–Kier alpha value is -2.32. The predicted molar refractivity (Wildman–Crippen MR) is 80.2 cm³/mol. The van der Waals surface area contributed by atoms with Crippen molar-refractivity contribution in [3.63, 3.8) is 0 Å². The SMILES string of the molecule is [N-]=[N+]=NC1c2ccccc2CCC1Cc1ccc(F)cc1. The fourth-order valence-electron chi connectivity index (χ4n) is 3.15. The van der Waals surface area contributed by atoms with Crippen molar-refractivity contribution in [3.8, 4) is 0 Å². The Morgan fingerprint density at radius 1 is 1.14 bits per heavy atom. The molecule has 0 heterocycles. The molecule has 1 aliphatic carbocycles. The van der Waals surface area contributed by atoms with Crippen molar-refractivity contribution in [1.29, 1.82) is 0 Å². The summed E-state index contributed by atoms with van der Waals surface area (Å²) in [6.07, 6.45) is 2.79. The number of azide groups is 1. The maximum Gasteiger partial charge on any atom is 0.123 e. The van der Waals surface area contributed by atoms with Crippen molar-refractivity contribution in [3.05, 3.63) is 81.5 Å². The molecule has 2 aromatic rings. The Bertz CT molecular complexity index is 675. The monoisotopic (exact) mass is 281 g/mol. The maximum atomic E-state index is 13.0. The molecule has 0 amide bonds. The topological polar surface area (TPSA) is 48.8 Å². The first-order chi connectivity index (χ1) is 10.3. The molecule has 0 saturated heterocycles. The highest BCUT2D eigenvalue weighted by Crippen LogP contribution is 2.39. The van der Waals surface area contributed by atoms with Crippen LogP contribution in [0.4, 0.5) is 4.39 Å². The summed E-state index contributed by atoms with van der Waals surface area (Å²) < 4.78 is 13.0. The Morgan fingerprint density at radius 3 is 2.67 bits per heavy atom. The van der Waals surface area contributed by atoms with Crippen LogP contribution in [0.2, 0.25) is 0 Å². The molecule has 0 spiro atoms. The fourth-order valence-corrected chi connectivity index (χ4v) is 3.15. The lowest BCUT2D eigenvalue weighted by atomic mass is 9.77. The molecule has 3 nitrogen and oxygen atoms in total. The summed E-state index contributed by atoms with van der Waals surface area (Å²) in [6.45, 7) is 0. The van der Waals surface area contributed by atoms with Crippen LogP contribution in [0.3, 0.4) is 0 Å². The van der Waals surface area contributed by atoms with E-state index in [0.717, 1.165) is 30.4 Å². The van der Waals surface area contributed by atoms with E-state index in [0.29, 0.717) is 0 Å². The van der Waals surface area contributed by atoms with Gasteiger partial charge in [0.05, 0.1) is 6.04 Å². The van der Waals surface area contributed by atoms with Gasteiger partial charge >= 0.3 is 0 Å². The van der Waals surface area contributed by atoms with Gasteiger partial charge in [0.2, 0.25) is 0 Å². The van der Waals surface area contributed by atoms with Gasteiger partial charge in [-0.2, -0.15) is 0 Å². The number of hydrogen-bond acceptors (Lipinski definition) is 1. The van der Waals surface area contributed by atoms with Crippen molar-refractivity contribution < 1.29 is 4.39 Å². The van der Waals surface area contributed by atoms with Crippen molar-refractivity contribution in [1.82, 2.24) is 0 Å². The van der Waals surface area contributed by atoms with E-state index in [1.54, 1.807) is 0 Å². The molecule has 2 atom stereocenters. The Labute approximate surface area is 123 Å². The molecule has 0 fully saturated rings. The summed E-state index contributed by atoms with van der Waals surface area (Å²) in [7, 11) is 0. The lowest BCUT2D eigenvalue weighted by Crippen LogP contribution is -2.21. The number of benzene rings is 2. The van der Waals surface area contributed by atoms with Gasteiger partial charge in [0.25, 0.3) is 0 Å². The number of nitrogens with zero attached hydrogens (tertiary/aromatic N) is 3. The first-order valence-corrected chi connectivity index (χ1v) is 7.14. The van der Waals surface area contributed by atoms with E-state index in [-0.39, 0.29) is 17.8 Å². The summed E-state index contributed by atoms with van der Waals surface area (Å²) in [4.78, 5) is 3.03. The van der Waals surface area contributed by atoms with Gasteiger partial charge in [0.1, 0.15) is 5.82 Å². The Balaban J connectivity index is 1.88. The lowest BCUT2D eigenvalue weighted by molar-refractivity contribution is 0.375. The molecule has 3 rings (SSSR count). The largest absolute Gasteiger partial charge is 0.207 e. The van der Waals surface area contributed by atoms with E-state index in [9.17, 15) is 4.39 Å². The molecule has 0 N–H and O–H groups in total. The van der Waals surface area contributed by atoms with Crippen LogP contribution in [0.1, 0.15) is 29.2 Å². The van der Waals surface area contributed by atoms with Crippen LogP contribution < -0.4 is 0 Å². The maximum absolute atomic E-state index is 13.0. The highest BCUT2D eigenvalue weighted by atomic mass is 19.1. The predicted octanol–water partition coefficient (Wildman–Crippen LogP) is 4.98. The second-order valence-corrected chi connectivity index (χ2v) is 5.48. The Morgan fingerprint density at radius 2 is 1.90 bits per heavy atom. The number of aryl methyl sites for hydroxylation is 1. The summed E-state index contributed by atoms with van der Waals surface area (Å²) in [5.41, 5.74) is 12.4. The van der Waals surface area contributed by atoms with Crippen LogP contribution in [0, 0.1) is 11.7 Å². The van der Waals surface area contributed by atoms with Crippen LogP contribution in [0.5, 0.6) is 0 Å². The average Bonchev–Trinajstić information content (AvgIpc) is 2.52. The molecule has 2 unspecified atom stereocenters. The van der Waals surface area contributed by atoms with Crippen LogP contribution in [-0.2, 0) is 12.8 Å². The first kappa shape index (κ1) is 13.7. The second kappa shape index (κ2) is 5.98. The summed E-state index contributed by atoms with van der Waals surface area (Å²) in [5, 5.41) is 4.03. The molecule has 21 heavy (non-hydrogen) atoms. The normalized spacial score (nSPS) is 20.4. The minimum absolute atomic E-state index is 0.134. The average molecular weight is 281 g/mol. The molecule has 2 aromatic carbocycles. The first-order valence-electron chi connectivity index (χ1n) is 7.14. The molecule has 0 bridgehead atoms. The lowest BCUT2D eigenvalue weighted by Gasteiger charge is -2.30. The zero-order valence-corrected chi connectivity index (χ0v) is 11.6.